The minimum atomic E-state index is -1.30. The van der Waals surface area contributed by atoms with Crippen LogP contribution in [0.25, 0.3) is 0 Å². The fourth-order valence-corrected chi connectivity index (χ4v) is 5.30. The van der Waals surface area contributed by atoms with Gasteiger partial charge in [0.1, 0.15) is 0 Å². The van der Waals surface area contributed by atoms with Crippen molar-refractivity contribution in [1.82, 2.24) is 0 Å². The molecule has 0 aromatic heterocycles. The van der Waals surface area contributed by atoms with Crippen molar-refractivity contribution < 1.29 is 9.53 Å². The zero-order valence-corrected chi connectivity index (χ0v) is 17.2. The zero-order valence-electron chi connectivity index (χ0n) is 15.2. The van der Waals surface area contributed by atoms with Crippen molar-refractivity contribution in [2.45, 2.75) is 84.5 Å². The Morgan fingerprint density at radius 1 is 1.05 bits per heavy atom. The third kappa shape index (κ3) is 10.7. The molecule has 120 valence electrons. The van der Waals surface area contributed by atoms with Crippen molar-refractivity contribution in [2.24, 2.45) is 5.41 Å². The van der Waals surface area contributed by atoms with E-state index in [1.807, 2.05) is 0 Å². The van der Waals surface area contributed by atoms with Crippen LogP contribution in [0.4, 0.5) is 0 Å². The molecule has 0 N–H and O–H groups in total. The van der Waals surface area contributed by atoms with Crippen molar-refractivity contribution in [3.63, 3.8) is 0 Å². The second-order valence-electron chi connectivity index (χ2n) is 9.59. The van der Waals surface area contributed by atoms with E-state index in [0.29, 0.717) is 18.6 Å². The van der Waals surface area contributed by atoms with Gasteiger partial charge in [0.15, 0.2) is 0 Å². The van der Waals surface area contributed by atoms with Crippen molar-refractivity contribution in [1.29, 1.82) is 0 Å². The highest BCUT2D eigenvalue weighted by molar-refractivity contribution is 6.78. The van der Waals surface area contributed by atoms with Gasteiger partial charge < -0.3 is 4.74 Å². The molecule has 0 bridgehead atoms. The summed E-state index contributed by atoms with van der Waals surface area (Å²) in [4.78, 5) is 12.1. The van der Waals surface area contributed by atoms with Crippen LogP contribution in [0.5, 0.6) is 0 Å². The molecule has 0 spiro atoms. The van der Waals surface area contributed by atoms with Crippen LogP contribution in [-0.2, 0) is 9.53 Å². The van der Waals surface area contributed by atoms with Crippen LogP contribution in [0.3, 0.4) is 0 Å². The molecule has 0 aliphatic heterocycles. The number of carbonyl (C=O) groups excluding carboxylic acids is 1. The van der Waals surface area contributed by atoms with E-state index in [1.54, 1.807) is 0 Å². The monoisotopic (exact) mass is 316 g/mol. The summed E-state index contributed by atoms with van der Waals surface area (Å²) in [7, 11) is -2.33. The lowest BCUT2D eigenvalue weighted by Crippen LogP contribution is -2.33. The molecule has 0 aliphatic rings. The lowest BCUT2D eigenvalue weighted by Gasteiger charge is -2.31. The standard InChI is InChI=1S/C16H36O2Si2/c1-16(2,3)13-18-15(17)12-14(20(7,8)9)10-11-19(4,5)6/h14H,10-13H2,1-9H3. The number of carbonyl (C=O) groups is 1. The average Bonchev–Trinajstić information content (AvgIpc) is 2.17. The van der Waals surface area contributed by atoms with Gasteiger partial charge in [0.25, 0.3) is 0 Å². The Morgan fingerprint density at radius 3 is 1.90 bits per heavy atom. The first kappa shape index (κ1) is 19.9. The zero-order chi connectivity index (χ0) is 16.2. The van der Waals surface area contributed by atoms with E-state index >= 15 is 0 Å². The van der Waals surface area contributed by atoms with Crippen LogP contribution < -0.4 is 0 Å². The van der Waals surface area contributed by atoms with Crippen molar-refractivity contribution in [2.75, 3.05) is 6.61 Å². The smallest absolute Gasteiger partial charge is 0.305 e. The Morgan fingerprint density at radius 2 is 1.55 bits per heavy atom. The van der Waals surface area contributed by atoms with Crippen LogP contribution >= 0.6 is 0 Å². The van der Waals surface area contributed by atoms with Gasteiger partial charge in [-0.25, -0.2) is 0 Å². The van der Waals surface area contributed by atoms with Crippen LogP contribution in [0.1, 0.15) is 33.6 Å². The number of hydrogen-bond acceptors (Lipinski definition) is 2. The van der Waals surface area contributed by atoms with E-state index < -0.39 is 16.1 Å². The first-order chi connectivity index (χ1) is 8.71. The summed E-state index contributed by atoms with van der Waals surface area (Å²) in [5, 5.41) is 0. The molecule has 0 aliphatic carbocycles. The molecule has 0 heterocycles. The van der Waals surface area contributed by atoms with Gasteiger partial charge >= 0.3 is 5.97 Å². The maximum atomic E-state index is 12.1. The third-order valence-electron chi connectivity index (χ3n) is 3.55. The largest absolute Gasteiger partial charge is 0.465 e. The summed E-state index contributed by atoms with van der Waals surface area (Å²) in [5.41, 5.74) is 0.615. The van der Waals surface area contributed by atoms with Gasteiger partial charge in [0.05, 0.1) is 6.61 Å². The first-order valence-electron chi connectivity index (χ1n) is 7.86. The Bertz CT molecular complexity index is 306. The lowest BCUT2D eigenvalue weighted by atomic mass is 9.99. The molecule has 1 unspecified atom stereocenters. The predicted octanol–water partition coefficient (Wildman–Crippen LogP) is 5.40. The first-order valence-corrected chi connectivity index (χ1v) is 15.1. The van der Waals surface area contributed by atoms with Crippen molar-refractivity contribution >= 4 is 22.1 Å². The van der Waals surface area contributed by atoms with Crippen molar-refractivity contribution in [3.05, 3.63) is 0 Å². The minimum absolute atomic E-state index is 0.00271. The quantitative estimate of drug-likeness (QED) is 0.464. The molecule has 0 aromatic rings. The fourth-order valence-electron chi connectivity index (χ4n) is 2.01. The molecule has 0 fully saturated rings. The van der Waals surface area contributed by atoms with E-state index in [0.717, 1.165) is 0 Å². The molecule has 1 atom stereocenters. The Kier molecular flexibility index (Phi) is 7.22. The summed E-state index contributed by atoms with van der Waals surface area (Å²) in [6, 6.07) is 1.31. The molecule has 20 heavy (non-hydrogen) atoms. The maximum Gasteiger partial charge on any atom is 0.305 e. The molecular weight excluding hydrogens is 280 g/mol. The number of esters is 1. The van der Waals surface area contributed by atoms with E-state index in [4.69, 9.17) is 4.74 Å². The fraction of sp³-hybridized carbons (Fsp3) is 0.938. The number of hydrogen-bond donors (Lipinski definition) is 0. The summed E-state index contributed by atoms with van der Waals surface area (Å²) < 4.78 is 5.46. The highest BCUT2D eigenvalue weighted by Crippen LogP contribution is 2.33. The molecule has 2 nitrogen and oxygen atoms in total. The highest BCUT2D eigenvalue weighted by atomic mass is 28.3. The topological polar surface area (TPSA) is 26.3 Å². The Hall–Kier alpha value is -0.0962. The van der Waals surface area contributed by atoms with E-state index in [9.17, 15) is 4.79 Å². The Labute approximate surface area is 128 Å². The molecule has 0 radical (unpaired) electrons. The van der Waals surface area contributed by atoms with Gasteiger partial charge in [0, 0.05) is 22.6 Å². The second kappa shape index (κ2) is 7.25. The number of rotatable bonds is 7. The lowest BCUT2D eigenvalue weighted by molar-refractivity contribution is -0.146. The Balaban J connectivity index is 4.48. The SMILES string of the molecule is CC(C)(C)COC(=O)CC(CC[Si](C)(C)C)[Si](C)(C)C. The van der Waals surface area contributed by atoms with Gasteiger partial charge in [-0.05, 0) is 11.0 Å². The van der Waals surface area contributed by atoms with Crippen LogP contribution in [0, 0.1) is 5.41 Å². The van der Waals surface area contributed by atoms with Gasteiger partial charge in [0.2, 0.25) is 0 Å². The van der Waals surface area contributed by atoms with Gasteiger partial charge in [-0.15, -0.1) is 0 Å². The molecule has 0 aromatic carbocycles. The van der Waals surface area contributed by atoms with Crippen LogP contribution in [0.15, 0.2) is 0 Å². The van der Waals surface area contributed by atoms with Crippen molar-refractivity contribution in [3.8, 4) is 0 Å². The summed E-state index contributed by atoms with van der Waals surface area (Å²) in [5.74, 6) is 0.00271. The molecule has 0 rings (SSSR count). The third-order valence-corrected chi connectivity index (χ3v) is 8.28. The van der Waals surface area contributed by atoms with E-state index in [-0.39, 0.29) is 11.4 Å². The molecule has 0 amide bonds. The maximum absolute atomic E-state index is 12.1. The van der Waals surface area contributed by atoms with Crippen LogP contribution in [0.2, 0.25) is 50.9 Å². The van der Waals surface area contributed by atoms with Gasteiger partial charge in [-0.1, -0.05) is 72.5 Å². The molecule has 0 saturated heterocycles. The second-order valence-corrected chi connectivity index (χ2v) is 20.8. The predicted molar refractivity (Wildman–Crippen MR) is 94.9 cm³/mol. The molecule has 4 heteroatoms. The highest BCUT2D eigenvalue weighted by Gasteiger charge is 2.31. The summed E-state index contributed by atoms with van der Waals surface area (Å²) in [6.45, 7) is 21.2. The van der Waals surface area contributed by atoms with Gasteiger partial charge in [-0.2, -0.15) is 0 Å². The van der Waals surface area contributed by atoms with Crippen LogP contribution in [-0.4, -0.2) is 28.7 Å². The molecule has 0 saturated carbocycles. The summed E-state index contributed by atoms with van der Waals surface area (Å²) >= 11 is 0. The average molecular weight is 317 g/mol. The van der Waals surface area contributed by atoms with Gasteiger partial charge in [-0.3, -0.25) is 4.79 Å². The number of ether oxygens (including phenoxy) is 1. The normalized spacial score (nSPS) is 15.1. The minimum Gasteiger partial charge on any atom is -0.465 e. The van der Waals surface area contributed by atoms with E-state index in [1.165, 1.54) is 12.5 Å². The molecular formula is C16H36O2Si2. The summed E-state index contributed by atoms with van der Waals surface area (Å²) in [6.07, 6.45) is 1.83. The van der Waals surface area contributed by atoms with E-state index in [2.05, 4.69) is 60.1 Å².